The molecule has 1 atom stereocenters. The number of rotatable bonds is 6. The Morgan fingerprint density at radius 2 is 1.73 bits per heavy atom. The van der Waals surface area contributed by atoms with Crippen LogP contribution < -0.4 is 9.62 Å². The second-order valence-corrected chi connectivity index (χ2v) is 8.42. The van der Waals surface area contributed by atoms with Crippen LogP contribution >= 0.6 is 0 Å². The Kier molecular flexibility index (Phi) is 6.08. The van der Waals surface area contributed by atoms with E-state index in [0.29, 0.717) is 11.4 Å². The van der Waals surface area contributed by atoms with Gasteiger partial charge in [0.2, 0.25) is 15.9 Å². The molecule has 0 spiro atoms. The van der Waals surface area contributed by atoms with Gasteiger partial charge in [-0.1, -0.05) is 31.2 Å². The Balaban J connectivity index is 2.32. The van der Waals surface area contributed by atoms with Crippen molar-refractivity contribution in [1.82, 2.24) is 0 Å². The topological polar surface area (TPSA) is 66.5 Å². The molecule has 0 aliphatic heterocycles. The van der Waals surface area contributed by atoms with E-state index in [1.807, 2.05) is 51.1 Å². The Bertz CT molecular complexity index is 890. The number of carbonyl (C=O) groups is 1. The van der Waals surface area contributed by atoms with Crippen molar-refractivity contribution >= 4 is 27.3 Å². The van der Waals surface area contributed by atoms with Crippen molar-refractivity contribution in [1.29, 1.82) is 0 Å². The molecule has 2 rings (SSSR count). The largest absolute Gasteiger partial charge is 0.324 e. The zero-order valence-electron chi connectivity index (χ0n) is 15.9. The van der Waals surface area contributed by atoms with E-state index in [2.05, 4.69) is 5.32 Å². The minimum atomic E-state index is -3.62. The molecule has 2 aromatic rings. The van der Waals surface area contributed by atoms with E-state index in [0.717, 1.165) is 33.7 Å². The summed E-state index contributed by atoms with van der Waals surface area (Å²) in [7, 11) is -3.62. The van der Waals surface area contributed by atoms with Crippen molar-refractivity contribution in [2.45, 2.75) is 40.2 Å². The molecule has 0 saturated heterocycles. The van der Waals surface area contributed by atoms with Gasteiger partial charge < -0.3 is 5.32 Å². The predicted molar refractivity (Wildman–Crippen MR) is 107 cm³/mol. The molecule has 1 N–H and O–H groups in total. The number of carbonyl (C=O) groups excluding carboxylic acids is 1. The quantitative estimate of drug-likeness (QED) is 0.839. The van der Waals surface area contributed by atoms with Crippen LogP contribution in [0.1, 0.15) is 30.5 Å². The fraction of sp³-hybridized carbons (Fsp3) is 0.350. The van der Waals surface area contributed by atoms with Crippen LogP contribution in [0.5, 0.6) is 0 Å². The highest BCUT2D eigenvalue weighted by atomic mass is 32.2. The summed E-state index contributed by atoms with van der Waals surface area (Å²) >= 11 is 0. The van der Waals surface area contributed by atoms with E-state index >= 15 is 0 Å². The minimum absolute atomic E-state index is 0.372. The Labute approximate surface area is 156 Å². The fourth-order valence-electron chi connectivity index (χ4n) is 2.80. The third-order valence-corrected chi connectivity index (χ3v) is 5.58. The lowest BCUT2D eigenvalue weighted by Gasteiger charge is -2.28. The molecular formula is C20H26N2O3S. The van der Waals surface area contributed by atoms with E-state index in [-0.39, 0.29) is 5.91 Å². The lowest BCUT2D eigenvalue weighted by molar-refractivity contribution is -0.116. The van der Waals surface area contributed by atoms with Gasteiger partial charge in [0.1, 0.15) is 6.04 Å². The summed E-state index contributed by atoms with van der Waals surface area (Å²) < 4.78 is 25.9. The monoisotopic (exact) mass is 374 g/mol. The van der Waals surface area contributed by atoms with Crippen molar-refractivity contribution < 1.29 is 13.2 Å². The normalized spacial score (nSPS) is 12.5. The average molecular weight is 375 g/mol. The summed E-state index contributed by atoms with van der Waals surface area (Å²) in [4.78, 5) is 12.7. The van der Waals surface area contributed by atoms with E-state index in [9.17, 15) is 13.2 Å². The SMILES string of the molecule is CCc1ccc(N([C@H](C)C(=O)Nc2cc(C)ccc2C)S(C)(=O)=O)cc1. The van der Waals surface area contributed by atoms with Gasteiger partial charge in [0.15, 0.2) is 0 Å². The third-order valence-electron chi connectivity index (χ3n) is 4.34. The number of hydrogen-bond acceptors (Lipinski definition) is 3. The van der Waals surface area contributed by atoms with Crippen molar-refractivity contribution in [2.24, 2.45) is 0 Å². The van der Waals surface area contributed by atoms with Crippen LogP contribution in [0.25, 0.3) is 0 Å². The maximum absolute atomic E-state index is 12.7. The number of benzene rings is 2. The zero-order valence-corrected chi connectivity index (χ0v) is 16.7. The van der Waals surface area contributed by atoms with Crippen molar-refractivity contribution in [3.8, 4) is 0 Å². The van der Waals surface area contributed by atoms with Gasteiger partial charge in [-0.05, 0) is 62.1 Å². The molecule has 0 bridgehead atoms. The third kappa shape index (κ3) is 4.64. The molecule has 0 unspecified atom stereocenters. The van der Waals surface area contributed by atoms with Gasteiger partial charge in [0, 0.05) is 5.69 Å². The molecular weight excluding hydrogens is 348 g/mol. The number of sulfonamides is 1. The molecule has 0 aliphatic carbocycles. The van der Waals surface area contributed by atoms with Crippen molar-refractivity contribution in [3.05, 3.63) is 59.2 Å². The van der Waals surface area contributed by atoms with Crippen LogP contribution in [-0.4, -0.2) is 26.6 Å². The molecule has 5 nitrogen and oxygen atoms in total. The van der Waals surface area contributed by atoms with Gasteiger partial charge in [-0.25, -0.2) is 8.42 Å². The van der Waals surface area contributed by atoms with Gasteiger partial charge >= 0.3 is 0 Å². The number of hydrogen-bond donors (Lipinski definition) is 1. The smallest absolute Gasteiger partial charge is 0.248 e. The molecule has 0 heterocycles. The van der Waals surface area contributed by atoms with E-state index in [4.69, 9.17) is 0 Å². The lowest BCUT2D eigenvalue weighted by atomic mass is 10.1. The number of nitrogens with one attached hydrogen (secondary N) is 1. The number of aryl methyl sites for hydroxylation is 3. The summed E-state index contributed by atoms with van der Waals surface area (Å²) in [6.07, 6.45) is 1.98. The molecule has 0 fully saturated rings. The predicted octanol–water partition coefficient (Wildman–Crippen LogP) is 3.66. The van der Waals surface area contributed by atoms with Gasteiger partial charge in [0.25, 0.3) is 0 Å². The first-order valence-electron chi connectivity index (χ1n) is 8.60. The Morgan fingerprint density at radius 3 is 2.27 bits per heavy atom. The number of anilines is 2. The molecule has 0 aromatic heterocycles. The number of nitrogens with zero attached hydrogens (tertiary/aromatic N) is 1. The molecule has 0 aliphatic rings. The molecule has 140 valence electrons. The van der Waals surface area contributed by atoms with Gasteiger partial charge in [-0.3, -0.25) is 9.10 Å². The minimum Gasteiger partial charge on any atom is -0.324 e. The van der Waals surface area contributed by atoms with Crippen LogP contribution in [0.2, 0.25) is 0 Å². The fourth-order valence-corrected chi connectivity index (χ4v) is 3.97. The first-order chi connectivity index (χ1) is 12.1. The summed E-state index contributed by atoms with van der Waals surface area (Å²) in [5.41, 5.74) is 4.22. The maximum atomic E-state index is 12.7. The summed E-state index contributed by atoms with van der Waals surface area (Å²) in [6.45, 7) is 7.47. The van der Waals surface area contributed by atoms with E-state index in [1.54, 1.807) is 19.1 Å². The van der Waals surface area contributed by atoms with Crippen LogP contribution in [0.4, 0.5) is 11.4 Å². The van der Waals surface area contributed by atoms with Gasteiger partial charge in [-0.2, -0.15) is 0 Å². The number of amides is 1. The van der Waals surface area contributed by atoms with Crippen molar-refractivity contribution in [3.63, 3.8) is 0 Å². The molecule has 26 heavy (non-hydrogen) atoms. The van der Waals surface area contributed by atoms with Crippen LogP contribution in [-0.2, 0) is 21.2 Å². The summed E-state index contributed by atoms with van der Waals surface area (Å²) in [5, 5.41) is 2.85. The van der Waals surface area contributed by atoms with Crippen molar-refractivity contribution in [2.75, 3.05) is 15.9 Å². The molecule has 1 amide bonds. The average Bonchev–Trinajstić information content (AvgIpc) is 2.57. The molecule has 0 saturated carbocycles. The van der Waals surface area contributed by atoms with Crippen LogP contribution in [0.15, 0.2) is 42.5 Å². The van der Waals surface area contributed by atoms with E-state index in [1.165, 1.54) is 0 Å². The zero-order chi connectivity index (χ0) is 19.5. The van der Waals surface area contributed by atoms with Gasteiger partial charge in [-0.15, -0.1) is 0 Å². The lowest BCUT2D eigenvalue weighted by Crippen LogP contribution is -2.45. The molecule has 6 heteroatoms. The second-order valence-electron chi connectivity index (χ2n) is 6.56. The molecule has 0 radical (unpaired) electrons. The first kappa shape index (κ1) is 20.0. The maximum Gasteiger partial charge on any atom is 0.248 e. The van der Waals surface area contributed by atoms with E-state index < -0.39 is 16.1 Å². The van der Waals surface area contributed by atoms with Gasteiger partial charge in [0.05, 0.1) is 11.9 Å². The standard InChI is InChI=1S/C20H26N2O3S/c1-6-17-9-11-18(12-10-17)22(26(5,24)25)16(4)20(23)21-19-13-14(2)7-8-15(19)3/h7-13,16H,6H2,1-5H3,(H,21,23)/t16-/m1/s1. The Morgan fingerprint density at radius 1 is 1.12 bits per heavy atom. The van der Waals surface area contributed by atoms with Crippen LogP contribution in [0.3, 0.4) is 0 Å². The summed E-state index contributed by atoms with van der Waals surface area (Å²) in [6, 6.07) is 12.1. The Hall–Kier alpha value is -2.34. The van der Waals surface area contributed by atoms with Crippen LogP contribution in [0, 0.1) is 13.8 Å². The second kappa shape index (κ2) is 7.91. The highest BCUT2D eigenvalue weighted by molar-refractivity contribution is 7.92. The summed E-state index contributed by atoms with van der Waals surface area (Å²) in [5.74, 6) is -0.372. The first-order valence-corrected chi connectivity index (χ1v) is 10.4. The molecule has 2 aromatic carbocycles. The highest BCUT2D eigenvalue weighted by Gasteiger charge is 2.29. The highest BCUT2D eigenvalue weighted by Crippen LogP contribution is 2.23.